The Morgan fingerprint density at radius 3 is 2.50 bits per heavy atom. The van der Waals surface area contributed by atoms with Gasteiger partial charge in [-0.05, 0) is 19.1 Å². The third-order valence-electron chi connectivity index (χ3n) is 3.00. The lowest BCUT2D eigenvalue weighted by Gasteiger charge is -2.23. The smallest absolute Gasteiger partial charge is 0.309 e. The van der Waals surface area contributed by atoms with Crippen molar-refractivity contribution < 1.29 is 14.7 Å². The largest absolute Gasteiger partial charge is 0.481 e. The Balaban J connectivity index is 2.30. The summed E-state index contributed by atoms with van der Waals surface area (Å²) in [6, 6.07) is 8.89. The van der Waals surface area contributed by atoms with Gasteiger partial charge in [0.15, 0.2) is 0 Å². The molecule has 1 aromatic rings. The normalized spacial score (nSPS) is 24.8. The summed E-state index contributed by atoms with van der Waals surface area (Å²) in [6.45, 7) is 1.77. The van der Waals surface area contributed by atoms with E-state index in [2.05, 4.69) is 0 Å². The first-order chi connectivity index (χ1) is 7.61. The zero-order valence-electron chi connectivity index (χ0n) is 8.96. The second-order valence-electron chi connectivity index (χ2n) is 3.99. The van der Waals surface area contributed by atoms with Crippen molar-refractivity contribution in [2.45, 2.75) is 19.4 Å². The summed E-state index contributed by atoms with van der Waals surface area (Å²) >= 11 is 0. The van der Waals surface area contributed by atoms with Gasteiger partial charge in [0, 0.05) is 18.2 Å². The van der Waals surface area contributed by atoms with E-state index in [0.717, 1.165) is 5.69 Å². The molecule has 1 heterocycles. The molecule has 4 heteroatoms. The molecule has 0 saturated carbocycles. The lowest BCUT2D eigenvalue weighted by molar-refractivity contribution is -0.142. The van der Waals surface area contributed by atoms with Crippen molar-refractivity contribution >= 4 is 17.6 Å². The molecule has 0 spiro atoms. The molecule has 1 aliphatic heterocycles. The second-order valence-corrected chi connectivity index (χ2v) is 3.99. The zero-order chi connectivity index (χ0) is 11.7. The first-order valence-electron chi connectivity index (χ1n) is 5.21. The van der Waals surface area contributed by atoms with Crippen molar-refractivity contribution in [2.24, 2.45) is 5.92 Å². The van der Waals surface area contributed by atoms with Gasteiger partial charge in [-0.1, -0.05) is 18.2 Å². The number of nitrogens with zero attached hydrogens (tertiary/aromatic N) is 1. The average molecular weight is 219 g/mol. The van der Waals surface area contributed by atoms with Crippen LogP contribution >= 0.6 is 0 Å². The molecule has 0 radical (unpaired) electrons. The molecule has 84 valence electrons. The second kappa shape index (κ2) is 3.96. The van der Waals surface area contributed by atoms with Gasteiger partial charge >= 0.3 is 5.97 Å². The Bertz CT molecular complexity index is 416. The predicted octanol–water partition coefficient (Wildman–Crippen LogP) is 1.51. The number of aliphatic carboxylic acids is 1. The fourth-order valence-electron chi connectivity index (χ4n) is 2.13. The molecule has 4 nitrogen and oxygen atoms in total. The zero-order valence-corrected chi connectivity index (χ0v) is 8.96. The molecule has 0 aliphatic carbocycles. The third-order valence-corrected chi connectivity index (χ3v) is 3.00. The number of rotatable bonds is 2. The highest BCUT2D eigenvalue weighted by atomic mass is 16.4. The molecule has 1 amide bonds. The maximum absolute atomic E-state index is 11.8. The SMILES string of the molecule is CC1C(C(=O)O)CC(=O)N1c1ccccc1. The number of hydrogen-bond acceptors (Lipinski definition) is 2. The van der Waals surface area contributed by atoms with Crippen molar-refractivity contribution in [1.29, 1.82) is 0 Å². The molecule has 2 rings (SSSR count). The highest BCUT2D eigenvalue weighted by molar-refractivity contribution is 6.00. The van der Waals surface area contributed by atoms with Gasteiger partial charge in [-0.3, -0.25) is 9.59 Å². The van der Waals surface area contributed by atoms with Crippen LogP contribution in [-0.4, -0.2) is 23.0 Å². The van der Waals surface area contributed by atoms with Gasteiger partial charge in [0.25, 0.3) is 0 Å². The van der Waals surface area contributed by atoms with Crippen LogP contribution in [0.1, 0.15) is 13.3 Å². The van der Waals surface area contributed by atoms with Crippen LogP contribution in [0.2, 0.25) is 0 Å². The summed E-state index contributed by atoms with van der Waals surface area (Å²) in [6.07, 6.45) is 0.0887. The summed E-state index contributed by atoms with van der Waals surface area (Å²) in [7, 11) is 0. The molecule has 1 saturated heterocycles. The molecular weight excluding hydrogens is 206 g/mol. The summed E-state index contributed by atoms with van der Waals surface area (Å²) in [4.78, 5) is 24.3. The molecule has 16 heavy (non-hydrogen) atoms. The van der Waals surface area contributed by atoms with Crippen molar-refractivity contribution in [1.82, 2.24) is 0 Å². The van der Waals surface area contributed by atoms with Gasteiger partial charge in [0.1, 0.15) is 0 Å². The summed E-state index contributed by atoms with van der Waals surface area (Å²) in [5.74, 6) is -1.63. The number of benzene rings is 1. The van der Waals surface area contributed by atoms with E-state index in [1.54, 1.807) is 11.8 Å². The van der Waals surface area contributed by atoms with E-state index in [1.807, 2.05) is 30.3 Å². The van der Waals surface area contributed by atoms with Crippen LogP contribution in [0.25, 0.3) is 0 Å². The van der Waals surface area contributed by atoms with Crippen molar-refractivity contribution in [3.8, 4) is 0 Å². The Labute approximate surface area is 93.5 Å². The molecule has 1 fully saturated rings. The molecule has 0 aromatic heterocycles. The minimum absolute atomic E-state index is 0.0887. The highest BCUT2D eigenvalue weighted by Crippen LogP contribution is 2.30. The summed E-state index contributed by atoms with van der Waals surface area (Å²) in [5.41, 5.74) is 0.767. The van der Waals surface area contributed by atoms with E-state index in [4.69, 9.17) is 5.11 Å². The van der Waals surface area contributed by atoms with Crippen LogP contribution in [0.4, 0.5) is 5.69 Å². The van der Waals surface area contributed by atoms with E-state index in [-0.39, 0.29) is 18.4 Å². The molecule has 2 atom stereocenters. The maximum atomic E-state index is 11.8. The fraction of sp³-hybridized carbons (Fsp3) is 0.333. The molecule has 1 aromatic carbocycles. The van der Waals surface area contributed by atoms with Gasteiger partial charge in [0.05, 0.1) is 5.92 Å². The topological polar surface area (TPSA) is 57.6 Å². The number of carbonyl (C=O) groups is 2. The standard InChI is InChI=1S/C12H13NO3/c1-8-10(12(15)16)7-11(14)13(8)9-5-3-2-4-6-9/h2-6,8,10H,7H2,1H3,(H,15,16). The molecule has 1 aliphatic rings. The summed E-state index contributed by atoms with van der Waals surface area (Å²) < 4.78 is 0. The van der Waals surface area contributed by atoms with E-state index in [0.29, 0.717) is 0 Å². The monoisotopic (exact) mass is 219 g/mol. The summed E-state index contributed by atoms with van der Waals surface area (Å²) in [5, 5.41) is 8.99. The Morgan fingerprint density at radius 1 is 1.38 bits per heavy atom. The lowest BCUT2D eigenvalue weighted by atomic mass is 10.0. The van der Waals surface area contributed by atoms with Gasteiger partial charge in [-0.2, -0.15) is 0 Å². The lowest BCUT2D eigenvalue weighted by Crippen LogP contribution is -2.34. The van der Waals surface area contributed by atoms with E-state index in [1.165, 1.54) is 0 Å². The number of carboxylic acids is 1. The fourth-order valence-corrected chi connectivity index (χ4v) is 2.13. The Hall–Kier alpha value is -1.84. The van der Waals surface area contributed by atoms with E-state index >= 15 is 0 Å². The molecule has 0 bridgehead atoms. The average Bonchev–Trinajstić information content (AvgIpc) is 2.56. The number of hydrogen-bond donors (Lipinski definition) is 1. The van der Waals surface area contributed by atoms with Crippen LogP contribution in [-0.2, 0) is 9.59 Å². The van der Waals surface area contributed by atoms with Gasteiger partial charge < -0.3 is 10.0 Å². The first-order valence-corrected chi connectivity index (χ1v) is 5.21. The van der Waals surface area contributed by atoms with Gasteiger partial charge in [0.2, 0.25) is 5.91 Å². The molecule has 1 N–H and O–H groups in total. The van der Waals surface area contributed by atoms with Crippen LogP contribution in [0.5, 0.6) is 0 Å². The Morgan fingerprint density at radius 2 is 2.00 bits per heavy atom. The van der Waals surface area contributed by atoms with Crippen LogP contribution < -0.4 is 4.90 Å². The predicted molar refractivity (Wildman–Crippen MR) is 59.1 cm³/mol. The van der Waals surface area contributed by atoms with E-state index < -0.39 is 11.9 Å². The third kappa shape index (κ3) is 1.66. The quantitative estimate of drug-likeness (QED) is 0.820. The number of para-hydroxylation sites is 1. The minimum atomic E-state index is -0.903. The van der Waals surface area contributed by atoms with E-state index in [9.17, 15) is 9.59 Å². The first kappa shape index (κ1) is 10.7. The minimum Gasteiger partial charge on any atom is -0.481 e. The van der Waals surface area contributed by atoms with Gasteiger partial charge in [-0.25, -0.2) is 0 Å². The maximum Gasteiger partial charge on any atom is 0.309 e. The molecular formula is C12H13NO3. The Kier molecular flexibility index (Phi) is 2.64. The van der Waals surface area contributed by atoms with Gasteiger partial charge in [-0.15, -0.1) is 0 Å². The number of amides is 1. The molecule has 2 unspecified atom stereocenters. The van der Waals surface area contributed by atoms with Crippen molar-refractivity contribution in [3.63, 3.8) is 0 Å². The van der Waals surface area contributed by atoms with Crippen molar-refractivity contribution in [3.05, 3.63) is 30.3 Å². The highest BCUT2D eigenvalue weighted by Gasteiger charge is 2.41. The van der Waals surface area contributed by atoms with Crippen molar-refractivity contribution in [2.75, 3.05) is 4.90 Å². The van der Waals surface area contributed by atoms with Crippen LogP contribution in [0, 0.1) is 5.92 Å². The van der Waals surface area contributed by atoms with Crippen LogP contribution in [0.3, 0.4) is 0 Å². The number of anilines is 1. The number of carbonyl (C=O) groups excluding carboxylic acids is 1. The number of carboxylic acid groups (broad SMARTS) is 1. The van der Waals surface area contributed by atoms with Crippen LogP contribution in [0.15, 0.2) is 30.3 Å².